The zero-order valence-electron chi connectivity index (χ0n) is 24.8. The Labute approximate surface area is 254 Å². The van der Waals surface area contributed by atoms with Crippen LogP contribution in [-0.2, 0) is 6.42 Å². The second-order valence-corrected chi connectivity index (χ2v) is 11.9. The number of hydrogen-bond acceptors (Lipinski definition) is 6. The second kappa shape index (κ2) is 13.2. The van der Waals surface area contributed by atoms with Gasteiger partial charge in [-0.2, -0.15) is 0 Å². The Morgan fingerprint density at radius 1 is 1.09 bits per heavy atom. The summed E-state index contributed by atoms with van der Waals surface area (Å²) in [4.78, 5) is 35.2. The first-order valence-electron chi connectivity index (χ1n) is 14.5. The maximum atomic E-state index is 14.5. The molecule has 1 aliphatic rings. The fraction of sp³-hybridized carbons (Fsp3) is 0.364. The van der Waals surface area contributed by atoms with E-state index in [1.165, 1.54) is 23.5 Å². The van der Waals surface area contributed by atoms with Crippen molar-refractivity contribution in [2.75, 3.05) is 32.8 Å². The second-order valence-electron chi connectivity index (χ2n) is 11.1. The number of ether oxygens (including phenoxy) is 1. The van der Waals surface area contributed by atoms with Crippen molar-refractivity contribution in [3.63, 3.8) is 0 Å². The third kappa shape index (κ3) is 6.55. The molecule has 1 N–H and O–H groups in total. The third-order valence-corrected chi connectivity index (χ3v) is 8.26. The number of aryl methyl sites for hydroxylation is 1. The van der Waals surface area contributed by atoms with Crippen molar-refractivity contribution in [3.05, 3.63) is 86.6 Å². The fourth-order valence-corrected chi connectivity index (χ4v) is 6.12. The summed E-state index contributed by atoms with van der Waals surface area (Å²) in [6.07, 6.45) is -2.06. The van der Waals surface area contributed by atoms with Gasteiger partial charge in [0, 0.05) is 48.4 Å². The van der Waals surface area contributed by atoms with Crippen LogP contribution in [0.15, 0.2) is 58.7 Å². The summed E-state index contributed by atoms with van der Waals surface area (Å²) in [6.45, 7) is 10.9. The molecule has 0 saturated carbocycles. The van der Waals surface area contributed by atoms with E-state index in [0.717, 1.165) is 5.56 Å². The van der Waals surface area contributed by atoms with Gasteiger partial charge in [-0.3, -0.25) is 14.2 Å². The molecule has 1 saturated heterocycles. The summed E-state index contributed by atoms with van der Waals surface area (Å²) in [5.41, 5.74) is 3.80. The summed E-state index contributed by atoms with van der Waals surface area (Å²) < 4.78 is 33.8. The van der Waals surface area contributed by atoms with Crippen LogP contribution in [0.5, 0.6) is 5.75 Å². The number of aromatic nitrogens is 2. The molecule has 4 aromatic rings. The van der Waals surface area contributed by atoms with Gasteiger partial charge < -0.3 is 15.0 Å². The number of rotatable bonds is 9. The summed E-state index contributed by atoms with van der Waals surface area (Å²) >= 11 is 1.28. The zero-order valence-corrected chi connectivity index (χ0v) is 25.6. The molecule has 0 spiro atoms. The van der Waals surface area contributed by atoms with Crippen molar-refractivity contribution >= 4 is 17.2 Å². The van der Waals surface area contributed by atoms with E-state index in [1.807, 2.05) is 36.9 Å². The van der Waals surface area contributed by atoms with Gasteiger partial charge in [-0.1, -0.05) is 44.2 Å². The van der Waals surface area contributed by atoms with Crippen LogP contribution in [-0.4, -0.2) is 53.1 Å². The lowest BCUT2D eigenvalue weighted by atomic mass is 9.99. The predicted octanol–water partition coefficient (Wildman–Crippen LogP) is 6.52. The molecular weight excluding hydrogens is 570 g/mol. The molecule has 1 fully saturated rings. The SMILES string of the molecule is CCOc1ccc(C)cc1-n1c(CC(C)C)c(C(=O)N2CCNCC2)cc(-c2nc(-c3ccc(C(F)F)cc3)cs2)c1=O. The smallest absolute Gasteiger partial charge is 0.265 e. The number of alkyl halides is 2. The van der Waals surface area contributed by atoms with Gasteiger partial charge in [0.2, 0.25) is 0 Å². The lowest BCUT2D eigenvalue weighted by Gasteiger charge is -2.29. The summed E-state index contributed by atoms with van der Waals surface area (Å²) in [5.74, 6) is 0.586. The van der Waals surface area contributed by atoms with Crippen molar-refractivity contribution in [2.24, 2.45) is 5.92 Å². The molecule has 0 radical (unpaired) electrons. The van der Waals surface area contributed by atoms with E-state index in [9.17, 15) is 18.4 Å². The minimum absolute atomic E-state index is 0.0674. The Hall–Kier alpha value is -3.89. The van der Waals surface area contributed by atoms with Crippen LogP contribution in [0.3, 0.4) is 0 Å². The predicted molar refractivity (Wildman–Crippen MR) is 167 cm³/mol. The first-order valence-corrected chi connectivity index (χ1v) is 15.4. The van der Waals surface area contributed by atoms with Crippen molar-refractivity contribution in [2.45, 2.75) is 40.5 Å². The Balaban J connectivity index is 1.74. The zero-order chi connectivity index (χ0) is 30.7. The van der Waals surface area contributed by atoms with E-state index in [-0.39, 0.29) is 22.9 Å². The molecule has 2 aromatic carbocycles. The number of hydrogen-bond donors (Lipinski definition) is 1. The number of halogens is 2. The Bertz CT molecular complexity index is 1660. The van der Waals surface area contributed by atoms with Gasteiger partial charge in [0.25, 0.3) is 17.9 Å². The van der Waals surface area contributed by atoms with Crippen LogP contribution >= 0.6 is 11.3 Å². The van der Waals surface area contributed by atoms with Gasteiger partial charge in [-0.05, 0) is 49.9 Å². The molecule has 5 rings (SSSR count). The summed E-state index contributed by atoms with van der Waals surface area (Å²) in [7, 11) is 0. The van der Waals surface area contributed by atoms with Gasteiger partial charge in [0.15, 0.2) is 0 Å². The van der Waals surface area contributed by atoms with E-state index < -0.39 is 6.43 Å². The highest BCUT2D eigenvalue weighted by Gasteiger charge is 2.28. The number of amides is 1. The van der Waals surface area contributed by atoms with Crippen LogP contribution in [0.1, 0.15) is 54.4 Å². The van der Waals surface area contributed by atoms with E-state index >= 15 is 0 Å². The topological polar surface area (TPSA) is 76.5 Å². The highest BCUT2D eigenvalue weighted by molar-refractivity contribution is 7.13. The Kier molecular flexibility index (Phi) is 9.37. The molecule has 7 nitrogen and oxygen atoms in total. The van der Waals surface area contributed by atoms with Gasteiger partial charge in [-0.15, -0.1) is 11.3 Å². The number of nitrogens with zero attached hydrogens (tertiary/aromatic N) is 3. The maximum absolute atomic E-state index is 14.5. The van der Waals surface area contributed by atoms with E-state index in [0.29, 0.717) is 83.7 Å². The lowest BCUT2D eigenvalue weighted by Crippen LogP contribution is -2.47. The molecule has 10 heteroatoms. The molecule has 1 aliphatic heterocycles. The van der Waals surface area contributed by atoms with Crippen molar-refractivity contribution in [3.8, 4) is 33.3 Å². The number of carbonyl (C=O) groups excluding carboxylic acids is 1. The average molecular weight is 607 g/mol. The summed E-state index contributed by atoms with van der Waals surface area (Å²) in [6, 6.07) is 13.4. The Morgan fingerprint density at radius 2 is 1.81 bits per heavy atom. The average Bonchev–Trinajstić information content (AvgIpc) is 3.48. The lowest BCUT2D eigenvalue weighted by molar-refractivity contribution is 0.0733. The summed E-state index contributed by atoms with van der Waals surface area (Å²) in [5, 5.41) is 5.54. The highest BCUT2D eigenvalue weighted by atomic mass is 32.1. The standard InChI is InChI=1S/C33H36F2N4O3S/c1-5-42-29-11-6-21(4)17-28(29)39-27(16-20(2)3)24(32(40)38-14-12-36-13-15-38)18-25(33(39)41)31-37-26(19-43-31)22-7-9-23(10-8-22)30(34)35/h6-11,17-20,30,36H,5,12-16H2,1-4H3. The van der Waals surface area contributed by atoms with Crippen LogP contribution in [0.25, 0.3) is 27.5 Å². The molecule has 1 amide bonds. The van der Waals surface area contributed by atoms with Crippen molar-refractivity contribution in [1.29, 1.82) is 0 Å². The molecule has 3 heterocycles. The van der Waals surface area contributed by atoms with E-state index in [2.05, 4.69) is 19.2 Å². The van der Waals surface area contributed by atoms with Gasteiger partial charge in [-0.25, -0.2) is 13.8 Å². The molecule has 2 aromatic heterocycles. The van der Waals surface area contributed by atoms with Crippen LogP contribution in [0, 0.1) is 12.8 Å². The number of benzene rings is 2. The largest absolute Gasteiger partial charge is 0.492 e. The van der Waals surface area contributed by atoms with Crippen LogP contribution in [0.2, 0.25) is 0 Å². The Morgan fingerprint density at radius 3 is 2.47 bits per heavy atom. The first kappa shape index (κ1) is 30.6. The quantitative estimate of drug-likeness (QED) is 0.235. The monoisotopic (exact) mass is 606 g/mol. The minimum atomic E-state index is -2.56. The van der Waals surface area contributed by atoms with Gasteiger partial charge >= 0.3 is 0 Å². The van der Waals surface area contributed by atoms with Crippen LogP contribution in [0.4, 0.5) is 8.78 Å². The van der Waals surface area contributed by atoms with Crippen molar-refractivity contribution in [1.82, 2.24) is 19.8 Å². The van der Waals surface area contributed by atoms with Crippen LogP contribution < -0.4 is 15.6 Å². The number of nitrogens with one attached hydrogen (secondary N) is 1. The molecule has 0 unspecified atom stereocenters. The molecule has 43 heavy (non-hydrogen) atoms. The normalized spacial score (nSPS) is 13.6. The molecular formula is C33H36F2N4O3S. The van der Waals surface area contributed by atoms with E-state index in [1.54, 1.807) is 28.1 Å². The number of carbonyl (C=O) groups is 1. The van der Waals surface area contributed by atoms with Crippen molar-refractivity contribution < 1.29 is 18.3 Å². The van der Waals surface area contributed by atoms with Gasteiger partial charge in [0.1, 0.15) is 10.8 Å². The van der Waals surface area contributed by atoms with E-state index in [4.69, 9.17) is 9.72 Å². The molecule has 226 valence electrons. The molecule has 0 atom stereocenters. The molecule has 0 aliphatic carbocycles. The minimum Gasteiger partial charge on any atom is -0.492 e. The maximum Gasteiger partial charge on any atom is 0.265 e. The van der Waals surface area contributed by atoms with Gasteiger partial charge in [0.05, 0.1) is 29.1 Å². The third-order valence-electron chi connectivity index (χ3n) is 7.39. The molecule has 0 bridgehead atoms. The number of piperazine rings is 1. The first-order chi connectivity index (χ1) is 20.7. The number of pyridine rings is 1. The number of thiazole rings is 1. The highest BCUT2D eigenvalue weighted by Crippen LogP contribution is 2.33. The fourth-order valence-electron chi connectivity index (χ4n) is 5.28.